The lowest BCUT2D eigenvalue weighted by Crippen LogP contribution is -2.20. The zero-order valence-corrected chi connectivity index (χ0v) is 17.0. The Morgan fingerprint density at radius 1 is 1.21 bits per heavy atom. The van der Waals surface area contributed by atoms with Crippen LogP contribution < -0.4 is 10.6 Å². The minimum Gasteiger partial charge on any atom is -0.308 e. The van der Waals surface area contributed by atoms with Gasteiger partial charge in [-0.05, 0) is 47.1 Å². The number of carbonyl (C=O) groups excluding carboxylic acids is 2. The summed E-state index contributed by atoms with van der Waals surface area (Å²) in [6.45, 7) is 1.55. The number of ketones is 1. The Labute approximate surface area is 173 Å². The van der Waals surface area contributed by atoms with Crippen LogP contribution in [-0.4, -0.2) is 21.6 Å². The van der Waals surface area contributed by atoms with Crippen molar-refractivity contribution in [3.05, 3.63) is 75.1 Å². The average molecular weight is 466 g/mol. The van der Waals surface area contributed by atoms with E-state index in [1.807, 2.05) is 0 Å². The molecule has 3 aromatic rings. The highest BCUT2D eigenvalue weighted by atomic mass is 79.9. The molecule has 1 aromatic heterocycles. The Kier molecular flexibility index (Phi) is 6.11. The van der Waals surface area contributed by atoms with E-state index in [1.54, 1.807) is 36.5 Å². The number of rotatable bonds is 5. The Balaban J connectivity index is 1.70. The molecule has 0 radical (unpaired) electrons. The number of hydrogen-bond donors (Lipinski definition) is 2. The number of hydrogen-bond acceptors (Lipinski definition) is 3. The summed E-state index contributed by atoms with van der Waals surface area (Å²) in [6.07, 6.45) is 1.61. The number of Topliss-reactive ketones (excluding diaryl/α,β-unsaturated/α-hetero) is 1. The van der Waals surface area contributed by atoms with Crippen LogP contribution >= 0.6 is 27.5 Å². The molecule has 0 aliphatic heterocycles. The SMILES string of the molecule is CC(=O)c1cccc(NC(=O)Nc2nn(Cc3c(F)cccc3Cl)cc2Br)c1. The van der Waals surface area contributed by atoms with Gasteiger partial charge in [-0.3, -0.25) is 14.8 Å². The molecule has 0 unspecified atom stereocenters. The van der Waals surface area contributed by atoms with Crippen molar-refractivity contribution in [1.82, 2.24) is 9.78 Å². The van der Waals surface area contributed by atoms with Gasteiger partial charge in [0.15, 0.2) is 11.6 Å². The molecule has 28 heavy (non-hydrogen) atoms. The zero-order valence-electron chi connectivity index (χ0n) is 14.7. The van der Waals surface area contributed by atoms with Crippen LogP contribution in [-0.2, 0) is 6.54 Å². The van der Waals surface area contributed by atoms with Crippen molar-refractivity contribution in [3.8, 4) is 0 Å². The molecular weight excluding hydrogens is 451 g/mol. The highest BCUT2D eigenvalue weighted by molar-refractivity contribution is 9.10. The van der Waals surface area contributed by atoms with E-state index in [9.17, 15) is 14.0 Å². The summed E-state index contributed by atoms with van der Waals surface area (Å²) in [7, 11) is 0. The molecule has 9 heteroatoms. The molecular formula is C19H15BrClFN4O2. The van der Waals surface area contributed by atoms with Crippen LogP contribution in [0.3, 0.4) is 0 Å². The summed E-state index contributed by atoms with van der Waals surface area (Å²) >= 11 is 9.35. The summed E-state index contributed by atoms with van der Waals surface area (Å²) in [4.78, 5) is 23.7. The predicted molar refractivity (Wildman–Crippen MR) is 110 cm³/mol. The van der Waals surface area contributed by atoms with Gasteiger partial charge in [0.1, 0.15) is 5.82 Å². The molecule has 6 nitrogen and oxygen atoms in total. The first-order valence-electron chi connectivity index (χ1n) is 8.18. The normalized spacial score (nSPS) is 10.6. The molecule has 0 saturated heterocycles. The second-order valence-corrected chi connectivity index (χ2v) is 7.20. The number of amides is 2. The number of halogens is 3. The van der Waals surface area contributed by atoms with E-state index in [1.165, 1.54) is 23.7 Å². The lowest BCUT2D eigenvalue weighted by Gasteiger charge is -2.07. The van der Waals surface area contributed by atoms with Gasteiger partial charge in [-0.15, -0.1) is 0 Å². The Morgan fingerprint density at radius 3 is 2.68 bits per heavy atom. The Hall–Kier alpha value is -2.71. The van der Waals surface area contributed by atoms with Crippen LogP contribution in [0.1, 0.15) is 22.8 Å². The van der Waals surface area contributed by atoms with Crippen molar-refractivity contribution in [2.75, 3.05) is 10.6 Å². The third kappa shape index (κ3) is 4.76. The predicted octanol–water partition coefficient (Wildman–Crippen LogP) is 5.33. The van der Waals surface area contributed by atoms with E-state index < -0.39 is 11.8 Å². The first kappa shape index (κ1) is 20.0. The van der Waals surface area contributed by atoms with Gasteiger partial charge in [0.05, 0.1) is 11.0 Å². The molecule has 3 rings (SSSR count). The first-order chi connectivity index (χ1) is 13.3. The van der Waals surface area contributed by atoms with Crippen molar-refractivity contribution < 1.29 is 14.0 Å². The maximum Gasteiger partial charge on any atom is 0.324 e. The van der Waals surface area contributed by atoms with E-state index in [2.05, 4.69) is 31.7 Å². The largest absolute Gasteiger partial charge is 0.324 e. The second-order valence-electron chi connectivity index (χ2n) is 5.94. The van der Waals surface area contributed by atoms with Crippen LogP contribution in [0.2, 0.25) is 5.02 Å². The van der Waals surface area contributed by atoms with Crippen LogP contribution in [0.15, 0.2) is 53.1 Å². The van der Waals surface area contributed by atoms with E-state index in [-0.39, 0.29) is 18.1 Å². The average Bonchev–Trinajstić information content (AvgIpc) is 2.97. The fraction of sp³-hybridized carbons (Fsp3) is 0.105. The highest BCUT2D eigenvalue weighted by Crippen LogP contribution is 2.24. The molecule has 2 N–H and O–H groups in total. The molecule has 2 amide bonds. The molecule has 2 aromatic carbocycles. The maximum absolute atomic E-state index is 13.9. The summed E-state index contributed by atoms with van der Waals surface area (Å²) in [6, 6.07) is 10.5. The monoisotopic (exact) mass is 464 g/mol. The standard InChI is InChI=1S/C19H15BrClFN4O2/c1-11(27)12-4-2-5-13(8-12)23-19(28)24-18-15(20)10-26(25-18)9-14-16(21)6-3-7-17(14)22/h2-8,10H,9H2,1H3,(H2,23,24,25,28). The maximum atomic E-state index is 13.9. The van der Waals surface area contributed by atoms with Gasteiger partial charge in [-0.2, -0.15) is 5.10 Å². The van der Waals surface area contributed by atoms with Gasteiger partial charge in [-0.25, -0.2) is 9.18 Å². The van der Waals surface area contributed by atoms with Gasteiger partial charge in [0, 0.05) is 28.0 Å². The van der Waals surface area contributed by atoms with Crippen LogP contribution in [0.5, 0.6) is 0 Å². The van der Waals surface area contributed by atoms with Crippen molar-refractivity contribution in [3.63, 3.8) is 0 Å². The Morgan fingerprint density at radius 2 is 1.96 bits per heavy atom. The summed E-state index contributed by atoms with van der Waals surface area (Å²) < 4.78 is 15.9. The van der Waals surface area contributed by atoms with Crippen molar-refractivity contribution in [2.45, 2.75) is 13.5 Å². The van der Waals surface area contributed by atoms with Gasteiger partial charge in [-0.1, -0.05) is 29.8 Å². The third-order valence-corrected chi connectivity index (χ3v) is 4.79. The smallest absolute Gasteiger partial charge is 0.308 e. The minimum absolute atomic E-state index is 0.0997. The molecule has 0 aliphatic rings. The molecule has 0 spiro atoms. The highest BCUT2D eigenvalue weighted by Gasteiger charge is 2.14. The number of carbonyl (C=O) groups is 2. The van der Waals surface area contributed by atoms with Crippen LogP contribution in [0, 0.1) is 5.82 Å². The van der Waals surface area contributed by atoms with Crippen molar-refractivity contribution >= 4 is 50.9 Å². The summed E-state index contributed by atoms with van der Waals surface area (Å²) in [5.41, 5.74) is 1.26. The molecule has 0 fully saturated rings. The zero-order chi connectivity index (χ0) is 20.3. The molecule has 0 bridgehead atoms. The summed E-state index contributed by atoms with van der Waals surface area (Å²) in [5, 5.41) is 9.77. The van der Waals surface area contributed by atoms with Gasteiger partial charge in [0.2, 0.25) is 0 Å². The lowest BCUT2D eigenvalue weighted by molar-refractivity contribution is 0.101. The first-order valence-corrected chi connectivity index (χ1v) is 9.35. The van der Waals surface area contributed by atoms with Gasteiger partial charge < -0.3 is 5.32 Å². The number of benzene rings is 2. The van der Waals surface area contributed by atoms with E-state index in [0.717, 1.165) is 0 Å². The van der Waals surface area contributed by atoms with Crippen molar-refractivity contribution in [1.29, 1.82) is 0 Å². The third-order valence-electron chi connectivity index (χ3n) is 3.86. The van der Waals surface area contributed by atoms with Crippen LogP contribution in [0.4, 0.5) is 20.7 Å². The van der Waals surface area contributed by atoms with Crippen LogP contribution in [0.25, 0.3) is 0 Å². The van der Waals surface area contributed by atoms with E-state index in [0.29, 0.717) is 26.3 Å². The molecule has 0 aliphatic carbocycles. The molecule has 144 valence electrons. The molecule has 1 heterocycles. The lowest BCUT2D eigenvalue weighted by atomic mass is 10.1. The molecule has 0 saturated carbocycles. The van der Waals surface area contributed by atoms with E-state index >= 15 is 0 Å². The number of nitrogens with one attached hydrogen (secondary N) is 2. The number of anilines is 2. The second kappa shape index (κ2) is 8.53. The fourth-order valence-corrected chi connectivity index (χ4v) is 3.13. The summed E-state index contributed by atoms with van der Waals surface area (Å²) in [5.74, 6) is -0.276. The van der Waals surface area contributed by atoms with E-state index in [4.69, 9.17) is 11.6 Å². The van der Waals surface area contributed by atoms with Crippen molar-refractivity contribution in [2.24, 2.45) is 0 Å². The van der Waals surface area contributed by atoms with Gasteiger partial charge >= 0.3 is 6.03 Å². The quantitative estimate of drug-likeness (QED) is 0.500. The Bertz CT molecular complexity index is 1030. The fourth-order valence-electron chi connectivity index (χ4n) is 2.49. The number of aromatic nitrogens is 2. The van der Waals surface area contributed by atoms with Gasteiger partial charge in [0.25, 0.3) is 0 Å². The number of nitrogens with zero attached hydrogens (tertiary/aromatic N) is 2. The number of urea groups is 1. The molecule has 0 atom stereocenters. The topological polar surface area (TPSA) is 76.0 Å². The minimum atomic E-state index is -0.532.